The van der Waals surface area contributed by atoms with Crippen molar-refractivity contribution in [2.24, 2.45) is 0 Å². The van der Waals surface area contributed by atoms with Crippen molar-refractivity contribution < 1.29 is 4.74 Å². The second-order valence-electron chi connectivity index (χ2n) is 27.3. The summed E-state index contributed by atoms with van der Waals surface area (Å²) in [5, 5.41) is 44.6. The van der Waals surface area contributed by atoms with E-state index >= 15 is 0 Å². The second kappa shape index (κ2) is 34.6. The Bertz CT molecular complexity index is 6550. The number of fused-ring (bicyclic) bond motifs is 4. The molecule has 20 heterocycles. The van der Waals surface area contributed by atoms with Gasteiger partial charge in [0.05, 0.1) is 131 Å². The molecule has 0 aliphatic rings. The maximum Gasteiger partial charge on any atom is 0.213 e. The van der Waals surface area contributed by atoms with E-state index in [1.807, 2.05) is 213 Å². The van der Waals surface area contributed by atoms with E-state index in [4.69, 9.17) is 4.74 Å². The maximum atomic E-state index is 5.19. The van der Waals surface area contributed by atoms with Gasteiger partial charge in [-0.25, -0.2) is 44.9 Å². The molecule has 20 aromatic rings. The summed E-state index contributed by atoms with van der Waals surface area (Å²) in [6, 6.07) is 26.1. The maximum absolute atomic E-state index is 5.19. The summed E-state index contributed by atoms with van der Waals surface area (Å²) < 4.78 is 31.5. The largest absolute Gasteiger partial charge is 0.481 e. The van der Waals surface area contributed by atoms with Gasteiger partial charge < -0.3 is 26.0 Å². The van der Waals surface area contributed by atoms with Gasteiger partial charge in [0.15, 0.2) is 45.9 Å². The lowest BCUT2D eigenvalue weighted by Crippen LogP contribution is -2.00. The molecule has 33 nitrogen and oxygen atoms in total. The zero-order valence-electron chi connectivity index (χ0n) is 64.1. The summed E-state index contributed by atoms with van der Waals surface area (Å²) in [4.78, 5) is 54.6. The number of aromatic nitrogens is 28. The lowest BCUT2D eigenvalue weighted by atomic mass is 10.2. The number of nitrogens with zero attached hydrogens (tertiary/aromatic N) is 24. The van der Waals surface area contributed by atoms with Gasteiger partial charge in [-0.2, -0.15) is 37.9 Å². The summed E-state index contributed by atoms with van der Waals surface area (Å²) in [7, 11) is 1.61. The van der Waals surface area contributed by atoms with Gasteiger partial charge in [0.25, 0.3) is 0 Å². The van der Waals surface area contributed by atoms with Crippen LogP contribution in [0.5, 0.6) is 5.88 Å². The van der Waals surface area contributed by atoms with Crippen molar-refractivity contribution in [3.8, 4) is 50.9 Å². The zero-order chi connectivity index (χ0) is 79.9. The van der Waals surface area contributed by atoms with E-state index in [0.29, 0.717) is 54.8 Å². The fourth-order valence-corrected chi connectivity index (χ4v) is 15.4. The summed E-state index contributed by atoms with van der Waals surface area (Å²) in [5.41, 5.74) is 25.5. The first kappa shape index (κ1) is 77.4. The quantitative estimate of drug-likeness (QED) is 0.0331. The predicted molar refractivity (Wildman–Crippen MR) is 458 cm³/mol. The monoisotopic (exact) mass is 1640 g/mol. The Labute approximate surface area is 690 Å². The van der Waals surface area contributed by atoms with E-state index in [9.17, 15) is 0 Å². The molecule has 0 aliphatic carbocycles. The number of H-pyrrole nitrogens is 4. The minimum atomic E-state index is 0. The normalized spacial score (nSPS) is 11.1. The Morgan fingerprint density at radius 2 is 0.669 bits per heavy atom. The fraction of sp³-hybridized carbons (Fsp3) is 0.160. The Morgan fingerprint density at radius 1 is 0.331 bits per heavy atom. The molecule has 0 amide bonds. The molecular formula is C81H76N32OS4. The molecule has 0 saturated heterocycles. The first-order chi connectivity index (χ1) is 57.2. The molecule has 0 bridgehead atoms. The molecule has 0 saturated carbocycles. The molecule has 20 rings (SSSR count). The van der Waals surface area contributed by atoms with Crippen molar-refractivity contribution >= 4 is 112 Å². The van der Waals surface area contributed by atoms with Crippen LogP contribution >= 0.6 is 46.1 Å². The SMILES string of the molecule is C.COc1cccc(Cc2cc(Nc3nc(C)cn4c(-c5cn[nH]c5)cnc34)sn2)n1.Cc1ccc(Cc2cc(Nc3nc(C)cn4c(-c5cn[nH]c5)cnc34)sn2)nc1.Cc1ccc(Cc2cc(Nc3nc(C)cn4c(-c5cn[nH]c5)cnc34)sn2)nc1.Cc1ccnc(Cc2cc(Nc3nc(C)cn4c(-c5cn[nH]c5)cnc34)sn2)c1. The Balaban J connectivity index is 0.000000117. The van der Waals surface area contributed by atoms with Crippen molar-refractivity contribution in [3.63, 3.8) is 0 Å². The molecule has 0 aliphatic heterocycles. The van der Waals surface area contributed by atoms with Crippen LogP contribution in [0.4, 0.5) is 43.3 Å². The van der Waals surface area contributed by atoms with E-state index in [1.165, 1.54) is 51.7 Å². The number of methoxy groups -OCH3 is 1. The smallest absolute Gasteiger partial charge is 0.213 e. The van der Waals surface area contributed by atoms with Crippen LogP contribution in [-0.2, 0) is 25.7 Å². The third-order valence-corrected chi connectivity index (χ3v) is 21.2. The molecule has 590 valence electrons. The van der Waals surface area contributed by atoms with Gasteiger partial charge in [-0.05, 0) is 166 Å². The molecule has 118 heavy (non-hydrogen) atoms. The Hall–Kier alpha value is -14.6. The van der Waals surface area contributed by atoms with Crippen LogP contribution in [0, 0.1) is 48.5 Å². The topological polar surface area (TPSA) is 396 Å². The molecule has 8 N–H and O–H groups in total. The minimum absolute atomic E-state index is 0. The number of hydrogen-bond acceptors (Lipinski definition) is 29. The molecule has 37 heteroatoms. The van der Waals surface area contributed by atoms with Crippen molar-refractivity contribution in [2.75, 3.05) is 28.4 Å². The molecule has 0 atom stereocenters. The zero-order valence-corrected chi connectivity index (χ0v) is 67.3. The van der Waals surface area contributed by atoms with Crippen LogP contribution in [0.3, 0.4) is 0 Å². The molecule has 0 radical (unpaired) electrons. The highest BCUT2D eigenvalue weighted by Gasteiger charge is 2.21. The summed E-state index contributed by atoms with van der Waals surface area (Å²) in [6.07, 6.45) is 38.0. The van der Waals surface area contributed by atoms with Gasteiger partial charge in [-0.15, -0.1) is 0 Å². The first-order valence-corrected chi connectivity index (χ1v) is 39.8. The van der Waals surface area contributed by atoms with Crippen molar-refractivity contribution in [2.45, 2.75) is 81.6 Å². The van der Waals surface area contributed by atoms with E-state index in [1.54, 1.807) is 31.9 Å². The highest BCUT2D eigenvalue weighted by atomic mass is 32.1. The molecular weight excluding hydrogens is 1570 g/mol. The molecule has 0 aromatic carbocycles. The van der Waals surface area contributed by atoms with Gasteiger partial charge in [0.2, 0.25) is 5.88 Å². The molecule has 0 spiro atoms. The number of anilines is 8. The molecule has 0 fully saturated rings. The van der Waals surface area contributed by atoms with Crippen molar-refractivity contribution in [3.05, 3.63) is 282 Å². The number of hydrogen-bond donors (Lipinski definition) is 8. The Kier molecular flexibility index (Phi) is 22.7. The first-order valence-electron chi connectivity index (χ1n) is 36.7. The van der Waals surface area contributed by atoms with Crippen LogP contribution < -0.4 is 26.0 Å². The van der Waals surface area contributed by atoms with E-state index in [2.05, 4.69) is 164 Å². The summed E-state index contributed by atoms with van der Waals surface area (Å²) >= 11 is 5.60. The highest BCUT2D eigenvalue weighted by molar-refractivity contribution is 7.11. The number of pyridine rings is 4. The molecule has 0 unspecified atom stereocenters. The number of rotatable bonds is 21. The second-order valence-corrected chi connectivity index (χ2v) is 30.5. The standard InChI is InChI=1S/C20H18N8OS.3C20H18N8S.CH4/c1-12-11-28-16(13-8-22-23-9-13)10-21-20(28)19(24-12)26-18-7-15(27-30-18)6-14-4-3-5-17(25-14)29-2;2*1-12-3-4-15(21-7-12)5-16-6-18(29-27-16)26-19-20-22-10-17(14-8-23-24-9-14)28(20)11-13(2)25-19;1-12-3-4-21-15(5-12)6-16-7-18(29-27-16)26-19-20-22-10-17(14-8-23-24-9-14)28(20)11-13(2)25-19;/h3-5,7-11H,6H2,1-2H3,(H,22,23)(H,24,26);2*3-4,6-11H,5H2,1-2H3,(H,23,24)(H,25,26);3-5,7-11H,6H2,1-2H3,(H,23,24)(H,25,26);1H4. The lowest BCUT2D eigenvalue weighted by molar-refractivity contribution is 0.396. The van der Waals surface area contributed by atoms with Crippen LogP contribution in [0.1, 0.15) is 92.4 Å². The van der Waals surface area contributed by atoms with E-state index < -0.39 is 0 Å². The van der Waals surface area contributed by atoms with Crippen LogP contribution in [0.2, 0.25) is 0 Å². The summed E-state index contributed by atoms with van der Waals surface area (Å²) in [5.74, 6) is 3.37. The van der Waals surface area contributed by atoms with Crippen molar-refractivity contribution in [1.82, 2.24) is 136 Å². The number of ether oxygens (including phenoxy) is 1. The van der Waals surface area contributed by atoms with Gasteiger partial charge in [0.1, 0.15) is 20.0 Å². The summed E-state index contributed by atoms with van der Waals surface area (Å²) in [6.45, 7) is 14.0. The lowest BCUT2D eigenvalue weighted by Gasteiger charge is -2.07. The third-order valence-electron chi connectivity index (χ3n) is 18.2. The predicted octanol–water partition coefficient (Wildman–Crippen LogP) is 16.0. The van der Waals surface area contributed by atoms with Crippen LogP contribution in [0.15, 0.2) is 197 Å². The van der Waals surface area contributed by atoms with Crippen molar-refractivity contribution in [1.29, 1.82) is 0 Å². The average Bonchev–Trinajstić information content (AvgIpc) is 1.65. The molecule has 20 aromatic heterocycles. The average molecular weight is 1640 g/mol. The third kappa shape index (κ3) is 17.8. The highest BCUT2D eigenvalue weighted by Crippen LogP contribution is 2.34. The minimum Gasteiger partial charge on any atom is -0.481 e. The number of nitrogens with one attached hydrogen (secondary N) is 8. The number of imidazole rings is 4. The fourth-order valence-electron chi connectivity index (χ4n) is 12.8. The van der Waals surface area contributed by atoms with Gasteiger partial charge in [0, 0.05) is 139 Å². The van der Waals surface area contributed by atoms with E-state index in [-0.39, 0.29) is 7.43 Å². The number of aryl methyl sites for hydroxylation is 7. The number of aromatic amines is 4. The van der Waals surface area contributed by atoms with Crippen LogP contribution in [-0.4, -0.2) is 143 Å². The Morgan fingerprint density at radius 3 is 0.975 bits per heavy atom. The van der Waals surface area contributed by atoms with E-state index in [0.717, 1.165) is 167 Å². The van der Waals surface area contributed by atoms with Gasteiger partial charge in [-0.3, -0.25) is 52.9 Å². The van der Waals surface area contributed by atoms with Crippen LogP contribution in [0.25, 0.3) is 67.6 Å². The van der Waals surface area contributed by atoms with Gasteiger partial charge in [-0.1, -0.05) is 25.6 Å². The van der Waals surface area contributed by atoms with Gasteiger partial charge >= 0.3 is 0 Å².